The molecule has 8 nitrogen and oxygen atoms in total. The van der Waals surface area contributed by atoms with E-state index in [1.165, 1.54) is 51.9 Å². The van der Waals surface area contributed by atoms with Crippen molar-refractivity contribution < 1.29 is 28.5 Å². The molecule has 31 heavy (non-hydrogen) atoms. The number of carbonyl (C=O) groups excluding carboxylic acids is 2. The van der Waals surface area contributed by atoms with Crippen molar-refractivity contribution in [2.45, 2.75) is 64.7 Å². The lowest BCUT2D eigenvalue weighted by Crippen LogP contribution is -2.29. The summed E-state index contributed by atoms with van der Waals surface area (Å²) >= 11 is 0. The highest BCUT2D eigenvalue weighted by atomic mass is 16.5. The predicted molar refractivity (Wildman–Crippen MR) is 122 cm³/mol. The Kier molecular flexibility index (Phi) is 24.3. The van der Waals surface area contributed by atoms with E-state index in [4.69, 9.17) is 18.9 Å². The van der Waals surface area contributed by atoms with E-state index in [9.17, 15) is 9.59 Å². The lowest BCUT2D eigenvalue weighted by molar-refractivity contribution is -0.129. The topological polar surface area (TPSA) is 95.1 Å². The molecule has 0 heterocycles. The zero-order chi connectivity index (χ0) is 22.8. The van der Waals surface area contributed by atoms with Gasteiger partial charge in [0.25, 0.3) is 0 Å². The minimum absolute atomic E-state index is 0.0302. The third-order valence-electron chi connectivity index (χ3n) is 4.14. The second kappa shape index (κ2) is 25.2. The van der Waals surface area contributed by atoms with E-state index in [1.54, 1.807) is 0 Å². The van der Waals surface area contributed by atoms with Gasteiger partial charge in [-0.15, -0.1) is 0 Å². The summed E-state index contributed by atoms with van der Waals surface area (Å²) in [5, 5.41) is 5.75. The van der Waals surface area contributed by atoms with Gasteiger partial charge in [0.1, 0.15) is 13.2 Å². The van der Waals surface area contributed by atoms with E-state index in [1.807, 2.05) is 7.05 Å². The first-order valence-corrected chi connectivity index (χ1v) is 11.9. The Balaban J connectivity index is 0.00000106. The Hall–Kier alpha value is -1.06. The Morgan fingerprint density at radius 1 is 0.645 bits per heavy atom. The van der Waals surface area contributed by atoms with Gasteiger partial charge in [-0.05, 0) is 33.4 Å². The first-order valence-electron chi connectivity index (χ1n) is 11.9. The summed E-state index contributed by atoms with van der Waals surface area (Å²) in [5.74, 6) is -0.326. The Labute approximate surface area is 189 Å². The van der Waals surface area contributed by atoms with E-state index in [2.05, 4.69) is 10.6 Å². The van der Waals surface area contributed by atoms with Crippen molar-refractivity contribution in [2.75, 3.05) is 73.0 Å². The van der Waals surface area contributed by atoms with Gasteiger partial charge in [0.2, 0.25) is 5.91 Å². The van der Waals surface area contributed by atoms with Crippen LogP contribution in [0.25, 0.3) is 0 Å². The molecule has 184 valence electrons. The van der Waals surface area contributed by atoms with E-state index in [-0.39, 0.29) is 24.9 Å². The van der Waals surface area contributed by atoms with E-state index < -0.39 is 0 Å². The summed E-state index contributed by atoms with van der Waals surface area (Å²) in [6.45, 7) is 6.29. The lowest BCUT2D eigenvalue weighted by atomic mass is 10.0. The number of carbonyl (C=O) groups is 2. The normalized spacial score (nSPS) is 13.7. The second-order valence-electron chi connectivity index (χ2n) is 7.67. The van der Waals surface area contributed by atoms with E-state index in [0.717, 1.165) is 19.6 Å². The van der Waals surface area contributed by atoms with Crippen molar-refractivity contribution in [3.63, 3.8) is 0 Å². The number of ether oxygens (including phenoxy) is 4. The molecule has 2 saturated carbocycles. The van der Waals surface area contributed by atoms with E-state index >= 15 is 0 Å². The SMILES string of the molecule is C1CC1.C1CCC1.CNCCCOCCOCCOCCCNC(=O)COCC(C)=O. The van der Waals surface area contributed by atoms with Crippen molar-refractivity contribution in [1.82, 2.24) is 10.6 Å². The minimum atomic E-state index is -0.227. The molecule has 2 fully saturated rings. The fourth-order valence-corrected chi connectivity index (χ4v) is 1.88. The largest absolute Gasteiger partial charge is 0.379 e. The molecule has 2 aliphatic rings. The summed E-state index contributed by atoms with van der Waals surface area (Å²) in [7, 11) is 1.92. The molecule has 0 spiro atoms. The Morgan fingerprint density at radius 2 is 1.10 bits per heavy atom. The number of ketones is 1. The Bertz CT molecular complexity index is 397. The van der Waals surface area contributed by atoms with Gasteiger partial charge in [-0.1, -0.05) is 44.9 Å². The van der Waals surface area contributed by atoms with Gasteiger partial charge in [-0.3, -0.25) is 9.59 Å². The smallest absolute Gasteiger partial charge is 0.246 e. The van der Waals surface area contributed by atoms with E-state index in [0.29, 0.717) is 46.0 Å². The summed E-state index contributed by atoms with van der Waals surface area (Å²) < 4.78 is 21.0. The standard InChI is InChI=1S/C16H32N2O6.C4H8.C3H6/c1-15(19)13-24-14-16(20)18-6-4-8-22-10-12-23-11-9-21-7-3-5-17-2;1-2-4-3-1;1-2-3-1/h17H,3-14H2,1-2H3,(H,18,20);1-4H2;1-3H2. The third kappa shape index (κ3) is 31.2. The van der Waals surface area contributed by atoms with Crippen LogP contribution in [-0.2, 0) is 28.5 Å². The molecule has 2 rings (SSSR count). The molecule has 0 saturated heterocycles. The number of nitrogens with one attached hydrogen (secondary N) is 2. The van der Waals surface area contributed by atoms with Crippen LogP contribution in [0.3, 0.4) is 0 Å². The van der Waals surface area contributed by atoms with Crippen LogP contribution in [0.1, 0.15) is 64.7 Å². The zero-order valence-electron chi connectivity index (χ0n) is 19.9. The second-order valence-corrected chi connectivity index (χ2v) is 7.67. The monoisotopic (exact) mass is 446 g/mol. The predicted octanol–water partition coefficient (Wildman–Crippen LogP) is 2.49. The fraction of sp³-hybridized carbons (Fsp3) is 0.913. The van der Waals surface area contributed by atoms with Gasteiger partial charge in [0.15, 0.2) is 5.78 Å². The van der Waals surface area contributed by atoms with Crippen LogP contribution >= 0.6 is 0 Å². The van der Waals surface area contributed by atoms with Crippen LogP contribution in [0.5, 0.6) is 0 Å². The van der Waals surface area contributed by atoms with Gasteiger partial charge in [-0.25, -0.2) is 0 Å². The molecule has 0 aromatic rings. The zero-order valence-corrected chi connectivity index (χ0v) is 19.9. The highest BCUT2D eigenvalue weighted by Crippen LogP contribution is 2.15. The minimum Gasteiger partial charge on any atom is -0.379 e. The van der Waals surface area contributed by atoms with Crippen LogP contribution in [-0.4, -0.2) is 84.7 Å². The Morgan fingerprint density at radius 3 is 1.52 bits per heavy atom. The number of hydrogen-bond acceptors (Lipinski definition) is 7. The molecule has 1 amide bonds. The number of amides is 1. The summed E-state index contributed by atoms with van der Waals surface area (Å²) in [5.41, 5.74) is 0. The van der Waals surface area contributed by atoms with Crippen molar-refractivity contribution in [2.24, 2.45) is 0 Å². The highest BCUT2D eigenvalue weighted by molar-refractivity contribution is 5.79. The highest BCUT2D eigenvalue weighted by Gasteiger charge is 2.01. The molecule has 0 atom stereocenters. The van der Waals surface area contributed by atoms with Crippen molar-refractivity contribution in [3.05, 3.63) is 0 Å². The number of hydrogen-bond donors (Lipinski definition) is 2. The van der Waals surface area contributed by atoms with Gasteiger partial charge >= 0.3 is 0 Å². The molecule has 0 aliphatic heterocycles. The van der Waals surface area contributed by atoms with Crippen molar-refractivity contribution in [1.29, 1.82) is 0 Å². The first kappa shape index (κ1) is 29.9. The fourth-order valence-electron chi connectivity index (χ4n) is 1.88. The molecule has 0 aromatic heterocycles. The molecular weight excluding hydrogens is 400 g/mol. The van der Waals surface area contributed by atoms with Crippen LogP contribution in [0.4, 0.5) is 0 Å². The molecule has 2 aliphatic carbocycles. The third-order valence-corrected chi connectivity index (χ3v) is 4.14. The summed E-state index contributed by atoms with van der Waals surface area (Å²) in [4.78, 5) is 21.9. The maximum absolute atomic E-state index is 11.3. The number of rotatable bonds is 18. The van der Waals surface area contributed by atoms with Crippen molar-refractivity contribution >= 4 is 11.7 Å². The van der Waals surface area contributed by atoms with Gasteiger partial charge in [0.05, 0.1) is 26.4 Å². The quantitative estimate of drug-likeness (QED) is 0.312. The van der Waals surface area contributed by atoms with Gasteiger partial charge in [-0.2, -0.15) is 0 Å². The first-order chi connectivity index (χ1) is 15.2. The molecule has 2 N–H and O–H groups in total. The van der Waals surface area contributed by atoms with Crippen LogP contribution < -0.4 is 10.6 Å². The molecule has 0 unspecified atom stereocenters. The summed E-state index contributed by atoms with van der Waals surface area (Å²) in [6, 6.07) is 0. The molecular formula is C23H46N2O6. The number of Topliss-reactive ketones (excluding diaryl/α,β-unsaturated/α-hetero) is 1. The van der Waals surface area contributed by atoms with Crippen LogP contribution in [0, 0.1) is 0 Å². The average molecular weight is 447 g/mol. The molecule has 0 bridgehead atoms. The van der Waals surface area contributed by atoms with Gasteiger partial charge < -0.3 is 29.6 Å². The molecule has 0 radical (unpaired) electrons. The lowest BCUT2D eigenvalue weighted by Gasteiger charge is -2.08. The molecule has 8 heteroatoms. The summed E-state index contributed by atoms with van der Waals surface area (Å²) in [6.07, 6.45) is 12.2. The molecule has 0 aromatic carbocycles. The van der Waals surface area contributed by atoms with Crippen molar-refractivity contribution in [3.8, 4) is 0 Å². The van der Waals surface area contributed by atoms with Crippen LogP contribution in [0.2, 0.25) is 0 Å². The maximum Gasteiger partial charge on any atom is 0.246 e. The van der Waals surface area contributed by atoms with Gasteiger partial charge in [0, 0.05) is 19.8 Å². The maximum atomic E-state index is 11.3. The average Bonchev–Trinajstić information content (AvgIpc) is 3.56. The van der Waals surface area contributed by atoms with Crippen LogP contribution in [0.15, 0.2) is 0 Å².